The highest BCUT2D eigenvalue weighted by molar-refractivity contribution is 5.44. The fourth-order valence-corrected chi connectivity index (χ4v) is 1.36. The molecule has 2 nitrogen and oxygen atoms in total. The summed E-state index contributed by atoms with van der Waals surface area (Å²) in [5.74, 6) is 6.12. The van der Waals surface area contributed by atoms with Crippen molar-refractivity contribution in [3.8, 4) is 17.6 Å². The highest BCUT2D eigenvalue weighted by Crippen LogP contribution is 2.07. The Morgan fingerprint density at radius 1 is 1.06 bits per heavy atom. The number of pyridine rings is 1. The lowest BCUT2D eigenvalue weighted by Crippen LogP contribution is -1.79. The van der Waals surface area contributed by atoms with E-state index >= 15 is 0 Å². The molecule has 78 valence electrons. The van der Waals surface area contributed by atoms with Gasteiger partial charge < -0.3 is 5.11 Å². The molecule has 0 fully saturated rings. The van der Waals surface area contributed by atoms with Gasteiger partial charge in [0.2, 0.25) is 0 Å². The lowest BCUT2D eigenvalue weighted by molar-refractivity contribution is 0.472. The lowest BCUT2D eigenvalue weighted by atomic mass is 10.1. The van der Waals surface area contributed by atoms with E-state index in [1.54, 1.807) is 12.3 Å². The second-order valence-corrected chi connectivity index (χ2v) is 3.55. The lowest BCUT2D eigenvalue weighted by Gasteiger charge is -1.93. The number of nitrogens with zero attached hydrogens (tertiary/aromatic N) is 1. The fourth-order valence-electron chi connectivity index (χ4n) is 1.36. The van der Waals surface area contributed by atoms with Gasteiger partial charge in [-0.1, -0.05) is 24.0 Å². The predicted molar refractivity (Wildman–Crippen MR) is 63.1 cm³/mol. The summed E-state index contributed by atoms with van der Waals surface area (Å²) in [7, 11) is 0. The summed E-state index contributed by atoms with van der Waals surface area (Å²) in [6.07, 6.45) is 3.01. The van der Waals surface area contributed by atoms with E-state index in [4.69, 9.17) is 0 Å². The van der Waals surface area contributed by atoms with Crippen LogP contribution in [-0.2, 0) is 0 Å². The van der Waals surface area contributed by atoms with Crippen molar-refractivity contribution in [1.82, 2.24) is 4.98 Å². The second-order valence-electron chi connectivity index (χ2n) is 3.55. The maximum Gasteiger partial charge on any atom is 0.135 e. The Kier molecular flexibility index (Phi) is 2.88. The fraction of sp³-hybridized carbons (Fsp3) is 0.0714. The van der Waals surface area contributed by atoms with Crippen LogP contribution < -0.4 is 0 Å². The van der Waals surface area contributed by atoms with Gasteiger partial charge in [0, 0.05) is 17.3 Å². The molecular formula is C14H11NO. The molecule has 0 unspecified atom stereocenters. The molecule has 2 rings (SSSR count). The second kappa shape index (κ2) is 4.50. The third kappa shape index (κ3) is 2.61. The van der Waals surface area contributed by atoms with Crippen LogP contribution in [0, 0.1) is 18.8 Å². The first-order valence-corrected chi connectivity index (χ1v) is 4.97. The molecule has 0 amide bonds. The van der Waals surface area contributed by atoms with Gasteiger partial charge >= 0.3 is 0 Å². The zero-order valence-corrected chi connectivity index (χ0v) is 8.94. The molecule has 16 heavy (non-hydrogen) atoms. The number of aromatic nitrogens is 1. The van der Waals surface area contributed by atoms with Gasteiger partial charge in [0.05, 0.1) is 6.20 Å². The predicted octanol–water partition coefficient (Wildman–Crippen LogP) is 2.50. The number of hydrogen-bond acceptors (Lipinski definition) is 2. The Hall–Kier alpha value is -2.27. The van der Waals surface area contributed by atoms with Crippen molar-refractivity contribution in [2.45, 2.75) is 6.92 Å². The van der Waals surface area contributed by atoms with Crippen LogP contribution in [0.4, 0.5) is 0 Å². The van der Waals surface area contributed by atoms with Crippen LogP contribution >= 0.6 is 0 Å². The van der Waals surface area contributed by atoms with Crippen LogP contribution in [0.1, 0.15) is 16.7 Å². The summed E-state index contributed by atoms with van der Waals surface area (Å²) in [5, 5.41) is 9.22. The Morgan fingerprint density at radius 3 is 2.62 bits per heavy atom. The molecule has 0 aliphatic heterocycles. The monoisotopic (exact) mass is 209 g/mol. The van der Waals surface area contributed by atoms with Crippen molar-refractivity contribution >= 4 is 0 Å². The van der Waals surface area contributed by atoms with E-state index in [2.05, 4.69) is 16.8 Å². The highest BCUT2D eigenvalue weighted by Gasteiger charge is 1.91. The molecule has 0 saturated carbocycles. The smallest absolute Gasteiger partial charge is 0.135 e. The standard InChI is InChI=1S/C14H11NO/c1-11-3-2-4-12(7-11)5-6-13-8-14(16)10-15-9-13/h2-4,7-10,16H,1H3. The third-order valence-electron chi connectivity index (χ3n) is 2.09. The van der Waals surface area contributed by atoms with Gasteiger partial charge in [-0.15, -0.1) is 0 Å². The Bertz CT molecular complexity index is 515. The minimum atomic E-state index is 0.135. The van der Waals surface area contributed by atoms with Crippen molar-refractivity contribution in [3.05, 3.63) is 59.4 Å². The zero-order chi connectivity index (χ0) is 11.4. The molecule has 0 atom stereocenters. The molecule has 0 spiro atoms. The number of aromatic hydroxyl groups is 1. The van der Waals surface area contributed by atoms with E-state index in [-0.39, 0.29) is 5.75 Å². The van der Waals surface area contributed by atoms with E-state index in [9.17, 15) is 5.11 Å². The molecular weight excluding hydrogens is 198 g/mol. The number of hydrogen-bond donors (Lipinski definition) is 1. The first kappa shape index (κ1) is 10.3. The molecule has 2 heteroatoms. The molecule has 0 saturated heterocycles. The van der Waals surface area contributed by atoms with Crippen molar-refractivity contribution in [2.75, 3.05) is 0 Å². The third-order valence-corrected chi connectivity index (χ3v) is 2.09. The summed E-state index contributed by atoms with van der Waals surface area (Å²) < 4.78 is 0. The van der Waals surface area contributed by atoms with Gasteiger partial charge in [0.25, 0.3) is 0 Å². The highest BCUT2D eigenvalue weighted by atomic mass is 16.3. The Labute approximate surface area is 94.6 Å². The molecule has 2 aromatic rings. The first-order valence-electron chi connectivity index (χ1n) is 4.97. The zero-order valence-electron chi connectivity index (χ0n) is 8.94. The first-order chi connectivity index (χ1) is 7.74. The van der Waals surface area contributed by atoms with E-state index in [1.165, 1.54) is 11.8 Å². The normalized spacial score (nSPS) is 9.31. The largest absolute Gasteiger partial charge is 0.506 e. The maximum absolute atomic E-state index is 9.22. The summed E-state index contributed by atoms with van der Waals surface area (Å²) in [5.41, 5.74) is 2.85. The van der Waals surface area contributed by atoms with E-state index in [1.807, 2.05) is 31.2 Å². The van der Waals surface area contributed by atoms with Gasteiger partial charge in [-0.25, -0.2) is 0 Å². The summed E-state index contributed by atoms with van der Waals surface area (Å²) >= 11 is 0. The molecule has 0 aliphatic carbocycles. The Balaban J connectivity index is 2.28. The van der Waals surface area contributed by atoms with E-state index < -0.39 is 0 Å². The summed E-state index contributed by atoms with van der Waals surface area (Å²) in [6, 6.07) is 9.57. The van der Waals surface area contributed by atoms with Crippen LogP contribution in [0.25, 0.3) is 0 Å². The molecule has 1 aromatic carbocycles. The number of aryl methyl sites for hydroxylation is 1. The van der Waals surface area contributed by atoms with Crippen molar-refractivity contribution in [1.29, 1.82) is 0 Å². The van der Waals surface area contributed by atoms with E-state index in [0.717, 1.165) is 5.56 Å². The molecule has 1 aromatic heterocycles. The summed E-state index contributed by atoms with van der Waals surface area (Å²) in [6.45, 7) is 2.03. The molecule has 1 heterocycles. The van der Waals surface area contributed by atoms with Crippen LogP contribution in [0.2, 0.25) is 0 Å². The van der Waals surface area contributed by atoms with Gasteiger partial charge in [-0.05, 0) is 30.7 Å². The minimum Gasteiger partial charge on any atom is -0.506 e. The minimum absolute atomic E-state index is 0.135. The molecule has 0 bridgehead atoms. The van der Waals surface area contributed by atoms with Gasteiger partial charge in [-0.3, -0.25) is 4.98 Å². The van der Waals surface area contributed by atoms with Gasteiger partial charge in [-0.2, -0.15) is 0 Å². The van der Waals surface area contributed by atoms with Gasteiger partial charge in [0.1, 0.15) is 5.75 Å². The topological polar surface area (TPSA) is 33.1 Å². The number of benzene rings is 1. The van der Waals surface area contributed by atoms with Crippen molar-refractivity contribution < 1.29 is 5.11 Å². The summed E-state index contributed by atoms with van der Waals surface area (Å²) in [4.78, 5) is 3.86. The van der Waals surface area contributed by atoms with Crippen molar-refractivity contribution in [2.24, 2.45) is 0 Å². The number of rotatable bonds is 0. The van der Waals surface area contributed by atoms with Crippen LogP contribution in [-0.4, -0.2) is 10.1 Å². The maximum atomic E-state index is 9.22. The SMILES string of the molecule is Cc1cccc(C#Cc2cncc(O)c2)c1. The molecule has 1 N–H and O–H groups in total. The van der Waals surface area contributed by atoms with Gasteiger partial charge in [0.15, 0.2) is 0 Å². The van der Waals surface area contributed by atoms with Crippen LogP contribution in [0.5, 0.6) is 5.75 Å². The average Bonchev–Trinajstić information content (AvgIpc) is 2.27. The Morgan fingerprint density at radius 2 is 1.88 bits per heavy atom. The van der Waals surface area contributed by atoms with Crippen LogP contribution in [0.3, 0.4) is 0 Å². The van der Waals surface area contributed by atoms with E-state index in [0.29, 0.717) is 5.56 Å². The molecule has 0 aliphatic rings. The van der Waals surface area contributed by atoms with Crippen LogP contribution in [0.15, 0.2) is 42.7 Å². The quantitative estimate of drug-likeness (QED) is 0.676. The molecule has 0 radical (unpaired) electrons. The van der Waals surface area contributed by atoms with Crippen molar-refractivity contribution in [3.63, 3.8) is 0 Å². The average molecular weight is 209 g/mol.